The van der Waals surface area contributed by atoms with E-state index in [0.29, 0.717) is 44.3 Å². The number of likely N-dealkylation sites (N-methyl/N-ethyl adjacent to an activating group) is 1. The predicted octanol–water partition coefficient (Wildman–Crippen LogP) is 5.57. The fraction of sp³-hybridized carbons (Fsp3) is 0.469. The Labute approximate surface area is 369 Å². The van der Waals surface area contributed by atoms with Crippen LogP contribution in [0.5, 0.6) is 5.75 Å². The third-order valence-electron chi connectivity index (χ3n) is 12.8. The van der Waals surface area contributed by atoms with Crippen molar-refractivity contribution < 1.29 is 33.8 Å². The molecule has 7 rings (SSSR count). The minimum absolute atomic E-state index is 0.00131. The molecule has 2 saturated heterocycles. The first-order chi connectivity index (χ1) is 30.0. The number of carbonyl (C=O) groups excluding carboxylic acids is 5. The third-order valence-corrected chi connectivity index (χ3v) is 12.8. The molecule has 3 aliphatic heterocycles. The van der Waals surface area contributed by atoms with Gasteiger partial charge in [0.05, 0.1) is 18.2 Å². The molecule has 2 aromatic heterocycles. The van der Waals surface area contributed by atoms with E-state index in [2.05, 4.69) is 66.7 Å². The van der Waals surface area contributed by atoms with E-state index >= 15 is 0 Å². The number of amides is 4. The molecule has 0 aliphatic carbocycles. The van der Waals surface area contributed by atoms with Gasteiger partial charge in [-0.25, -0.2) is 5.43 Å². The van der Waals surface area contributed by atoms with Crippen LogP contribution in [0.25, 0.3) is 33.3 Å². The maximum absolute atomic E-state index is 14.7. The Morgan fingerprint density at radius 2 is 1.87 bits per heavy atom. The summed E-state index contributed by atoms with van der Waals surface area (Å²) >= 11 is 0. The van der Waals surface area contributed by atoms with Gasteiger partial charge in [0, 0.05) is 73.9 Å². The summed E-state index contributed by atoms with van der Waals surface area (Å²) in [6.45, 7) is 17.4. The molecule has 4 aromatic rings. The smallest absolute Gasteiger partial charge is 0.324 e. The van der Waals surface area contributed by atoms with Crippen molar-refractivity contribution in [1.29, 1.82) is 0 Å². The van der Waals surface area contributed by atoms with Gasteiger partial charge in [-0.1, -0.05) is 46.4 Å². The van der Waals surface area contributed by atoms with E-state index in [9.17, 15) is 29.1 Å². The number of nitrogens with one attached hydrogen (secondary N) is 2. The number of aromatic hydroxyl groups is 1. The molecule has 0 spiro atoms. The zero-order chi connectivity index (χ0) is 45.3. The summed E-state index contributed by atoms with van der Waals surface area (Å²) in [7, 11) is 1.58. The number of esters is 1. The number of phenols is 1. The first kappa shape index (κ1) is 45.0. The van der Waals surface area contributed by atoms with Crippen LogP contribution in [0, 0.1) is 24.2 Å². The SMILES string of the molecule is C=CC(=O)N1CC[C@H](C(=O)N(C)C(C(=O)N[C@H]2Cc3cc(O)cc(c3)-c3ccc4c(c3)c(c(-c3cnccc3C)n4CC)CC(C)(C)COC(=O)[C@@H]3CCCN(N3)C2=O)C(C)C)C1. The standard InChI is InChI=1S/C49H61N7O7/c1-9-42(58)54-19-16-33(27-54)46(60)53(8)43(29(3)4)45(59)51-40-22-31-20-34(23-35(57)21-31)32-13-14-41-36(24-32)37(44(55(41)10-2)38-26-50-17-15-30(38)5)25-49(6,7)28-63-48(62)39-12-11-18-56(52-39)47(40)61/h9,13-15,17,20-21,23-24,26,29,33,39-40,43,52,57H,1,10-12,16,18-19,22,25,27-28H2,2-8H3,(H,51,59)/t33-,39-,40-,43?/m0/s1. The molecule has 0 saturated carbocycles. The van der Waals surface area contributed by atoms with Gasteiger partial charge in [-0.05, 0) is 110 Å². The fourth-order valence-electron chi connectivity index (χ4n) is 9.62. The molecule has 4 amide bonds. The zero-order valence-electron chi connectivity index (χ0n) is 37.6. The molecule has 2 aromatic carbocycles. The first-order valence-corrected chi connectivity index (χ1v) is 22.1. The predicted molar refractivity (Wildman–Crippen MR) is 241 cm³/mol. The van der Waals surface area contributed by atoms with Crippen molar-refractivity contribution in [2.45, 2.75) is 98.3 Å². The van der Waals surface area contributed by atoms with Crippen LogP contribution in [-0.4, -0.2) is 110 Å². The number of aromatic nitrogens is 2. The number of rotatable bonds is 8. The van der Waals surface area contributed by atoms with Crippen LogP contribution in [0.2, 0.25) is 0 Å². The number of carbonyl (C=O) groups is 5. The number of ether oxygens (including phenoxy) is 1. The number of benzene rings is 2. The van der Waals surface area contributed by atoms with Gasteiger partial charge < -0.3 is 29.5 Å². The second kappa shape index (κ2) is 18.4. The molecule has 5 heterocycles. The highest BCUT2D eigenvalue weighted by Gasteiger charge is 2.40. The lowest BCUT2D eigenvalue weighted by Gasteiger charge is -2.37. The van der Waals surface area contributed by atoms with Gasteiger partial charge >= 0.3 is 5.97 Å². The Balaban J connectivity index is 1.29. The van der Waals surface area contributed by atoms with Gasteiger partial charge in [-0.15, -0.1) is 0 Å². The monoisotopic (exact) mass is 859 g/mol. The van der Waals surface area contributed by atoms with Gasteiger partial charge in [0.25, 0.3) is 5.91 Å². The average Bonchev–Trinajstić information content (AvgIpc) is 3.87. The minimum atomic E-state index is -1.15. The van der Waals surface area contributed by atoms with E-state index in [-0.39, 0.29) is 49.6 Å². The van der Waals surface area contributed by atoms with Crippen molar-refractivity contribution in [2.24, 2.45) is 17.3 Å². The number of pyridine rings is 1. The molecule has 63 heavy (non-hydrogen) atoms. The van der Waals surface area contributed by atoms with Crippen LogP contribution in [0.3, 0.4) is 0 Å². The van der Waals surface area contributed by atoms with E-state index in [0.717, 1.165) is 44.4 Å². The second-order valence-electron chi connectivity index (χ2n) is 18.5. The van der Waals surface area contributed by atoms with Crippen LogP contribution in [0.1, 0.15) is 70.6 Å². The van der Waals surface area contributed by atoms with Crippen molar-refractivity contribution in [1.82, 2.24) is 35.1 Å². The number of nitrogens with zero attached hydrogens (tertiary/aromatic N) is 5. The first-order valence-electron chi connectivity index (χ1n) is 22.1. The molecule has 3 aliphatic rings. The summed E-state index contributed by atoms with van der Waals surface area (Å²) in [6, 6.07) is 10.6. The summed E-state index contributed by atoms with van der Waals surface area (Å²) in [5.41, 5.74) is 10.1. The van der Waals surface area contributed by atoms with Crippen molar-refractivity contribution in [3.05, 3.63) is 84.2 Å². The lowest BCUT2D eigenvalue weighted by atomic mass is 9.84. The summed E-state index contributed by atoms with van der Waals surface area (Å²) in [5.74, 6) is -2.80. The molecule has 1 unspecified atom stereocenters. The maximum Gasteiger partial charge on any atom is 0.324 e. The Bertz CT molecular complexity index is 2440. The van der Waals surface area contributed by atoms with Gasteiger partial charge in [0.1, 0.15) is 23.9 Å². The summed E-state index contributed by atoms with van der Waals surface area (Å²) in [6.07, 6.45) is 6.93. The van der Waals surface area contributed by atoms with Crippen molar-refractivity contribution in [3.8, 4) is 28.1 Å². The summed E-state index contributed by atoms with van der Waals surface area (Å²) in [5, 5.41) is 16.7. The molecule has 14 heteroatoms. The highest BCUT2D eigenvalue weighted by Crippen LogP contribution is 2.41. The largest absolute Gasteiger partial charge is 0.508 e. The Morgan fingerprint density at radius 3 is 2.59 bits per heavy atom. The number of fused-ring (bicyclic) bond motifs is 6. The molecule has 3 N–H and O–H groups in total. The third kappa shape index (κ3) is 9.36. The molecule has 334 valence electrons. The van der Waals surface area contributed by atoms with Crippen LogP contribution in [0.4, 0.5) is 0 Å². The zero-order valence-corrected chi connectivity index (χ0v) is 37.6. The summed E-state index contributed by atoms with van der Waals surface area (Å²) in [4.78, 5) is 76.6. The van der Waals surface area contributed by atoms with Gasteiger partial charge in [-0.3, -0.25) is 34.0 Å². The number of cyclic esters (lactones) is 1. The Kier molecular flexibility index (Phi) is 13.1. The molecule has 2 fully saturated rings. The molecule has 14 nitrogen and oxygen atoms in total. The quantitative estimate of drug-likeness (QED) is 0.152. The van der Waals surface area contributed by atoms with Crippen LogP contribution in [0.15, 0.2) is 67.5 Å². The lowest BCUT2D eigenvalue weighted by molar-refractivity contribution is -0.155. The van der Waals surface area contributed by atoms with Gasteiger partial charge in [0.15, 0.2) is 0 Å². The van der Waals surface area contributed by atoms with Gasteiger partial charge in [0.2, 0.25) is 17.7 Å². The van der Waals surface area contributed by atoms with Crippen molar-refractivity contribution in [3.63, 3.8) is 0 Å². The Hall–Kier alpha value is -6.02. The molecule has 6 bridgehead atoms. The fourth-order valence-corrected chi connectivity index (χ4v) is 9.62. The van der Waals surface area contributed by atoms with Crippen molar-refractivity contribution >= 4 is 40.5 Å². The maximum atomic E-state index is 14.7. The molecular weight excluding hydrogens is 799 g/mol. The second-order valence-corrected chi connectivity index (χ2v) is 18.5. The molecule has 0 radical (unpaired) electrons. The van der Waals surface area contributed by atoms with Crippen molar-refractivity contribution in [2.75, 3.05) is 33.3 Å². The van der Waals surface area contributed by atoms with E-state index in [4.69, 9.17) is 4.74 Å². The minimum Gasteiger partial charge on any atom is -0.508 e. The highest BCUT2D eigenvalue weighted by molar-refractivity contribution is 5.96. The summed E-state index contributed by atoms with van der Waals surface area (Å²) < 4.78 is 8.37. The number of likely N-dealkylation sites (tertiary alicyclic amines) is 1. The number of phenolic OH excluding ortho intramolecular Hbond substituents is 1. The number of hydrazine groups is 1. The number of hydrogen-bond donors (Lipinski definition) is 3. The van der Waals surface area contributed by atoms with E-state index in [1.807, 2.05) is 38.2 Å². The highest BCUT2D eigenvalue weighted by atomic mass is 16.5. The van der Waals surface area contributed by atoms with Gasteiger partial charge in [-0.2, -0.15) is 0 Å². The molecular formula is C49H61N7O7. The van der Waals surface area contributed by atoms with Crippen LogP contribution < -0.4 is 10.7 Å². The topological polar surface area (TPSA) is 166 Å². The number of aryl methyl sites for hydroxylation is 2. The molecule has 4 atom stereocenters. The van der Waals surface area contributed by atoms with E-state index in [1.165, 1.54) is 16.0 Å². The Morgan fingerprint density at radius 1 is 1.10 bits per heavy atom. The van der Waals surface area contributed by atoms with Crippen LogP contribution in [-0.2, 0) is 48.1 Å². The van der Waals surface area contributed by atoms with E-state index < -0.39 is 47.2 Å². The average molecular weight is 860 g/mol. The van der Waals surface area contributed by atoms with E-state index in [1.54, 1.807) is 30.3 Å². The lowest BCUT2D eigenvalue weighted by Crippen LogP contribution is -2.62. The van der Waals surface area contributed by atoms with Crippen LogP contribution >= 0.6 is 0 Å². The number of hydrogen-bond acceptors (Lipinski definition) is 9. The normalized spacial score (nSPS) is 20.9.